The van der Waals surface area contributed by atoms with E-state index in [1.54, 1.807) is 0 Å². The van der Waals surface area contributed by atoms with Gasteiger partial charge in [0.2, 0.25) is 5.91 Å². The number of nitrogens with one attached hydrogen (secondary N) is 3. The Morgan fingerprint density at radius 1 is 1.15 bits per heavy atom. The first-order valence-corrected chi connectivity index (χ1v) is 6.29. The van der Waals surface area contributed by atoms with E-state index in [1.165, 1.54) is 29.8 Å². The Hall–Kier alpha value is -1.66. The van der Waals surface area contributed by atoms with Crippen molar-refractivity contribution in [3.63, 3.8) is 0 Å². The number of aliphatic carboxylic acids is 1. The van der Waals surface area contributed by atoms with E-state index in [-0.39, 0.29) is 0 Å². The van der Waals surface area contributed by atoms with E-state index in [0.29, 0.717) is 0 Å². The summed E-state index contributed by atoms with van der Waals surface area (Å²) in [6.07, 6.45) is -0.685. The maximum atomic E-state index is 11.6. The molecule has 0 bridgehead atoms. The van der Waals surface area contributed by atoms with Gasteiger partial charge in [-0.25, -0.2) is 0 Å². The third kappa shape index (κ3) is 6.49. The molecule has 3 amide bonds. The normalized spacial score (nSPS) is 12.7. The van der Waals surface area contributed by atoms with Gasteiger partial charge in [0.05, 0.1) is 41.0 Å². The fourth-order valence-corrected chi connectivity index (χ4v) is 1.31. The number of carbonyl (C=O) groups is 5. The van der Waals surface area contributed by atoms with Crippen molar-refractivity contribution in [1.82, 2.24) is 14.2 Å². The second kappa shape index (κ2) is 8.50. The van der Waals surface area contributed by atoms with Gasteiger partial charge < -0.3 is 20.5 Å². The highest BCUT2D eigenvalue weighted by Gasteiger charge is 2.24. The number of hydrogen-bond acceptors (Lipinski definition) is 5. The molecule has 0 aromatic rings. The van der Waals surface area contributed by atoms with Crippen molar-refractivity contribution in [2.75, 3.05) is 0 Å². The molecule has 0 aromatic heterocycles. The summed E-state index contributed by atoms with van der Waals surface area (Å²) in [7, 11) is 4.94. The van der Waals surface area contributed by atoms with Crippen molar-refractivity contribution in [2.45, 2.75) is 25.4 Å². The van der Waals surface area contributed by atoms with Crippen LogP contribution in [0.5, 0.6) is 0 Å². The van der Waals surface area contributed by atoms with E-state index in [4.69, 9.17) is 13.0 Å². The highest BCUT2D eigenvalue weighted by molar-refractivity contribution is 14.1. The molecule has 0 saturated heterocycles. The van der Waals surface area contributed by atoms with E-state index < -0.39 is 47.9 Å². The van der Waals surface area contributed by atoms with E-state index in [0.717, 1.165) is 0 Å². The molecular formula is C9H11BIN3O6. The standard InChI is InChI=1S/C9H11BIN3O6/c1-3(12-8(19)9(20)14-11)7(18)13-4(6(10)17)2-5(15)16/h3-4H,2H2,1H3,(H,12,19)(H,13,18)(H,14,20)(H,15,16)/t3-,4-/m0/s1. The third-order valence-corrected chi connectivity index (χ3v) is 2.56. The van der Waals surface area contributed by atoms with Crippen molar-refractivity contribution < 1.29 is 29.1 Å². The van der Waals surface area contributed by atoms with Gasteiger partial charge in [-0.1, -0.05) is 0 Å². The predicted octanol–water partition coefficient (Wildman–Crippen LogP) is -2.39. The summed E-state index contributed by atoms with van der Waals surface area (Å²) in [6, 6.07) is -2.55. The van der Waals surface area contributed by atoms with Crippen molar-refractivity contribution in [2.24, 2.45) is 0 Å². The molecule has 0 aromatic carbocycles. The van der Waals surface area contributed by atoms with Crippen molar-refractivity contribution >= 4 is 60.1 Å². The molecule has 2 radical (unpaired) electrons. The van der Waals surface area contributed by atoms with Gasteiger partial charge >= 0.3 is 17.8 Å². The zero-order chi connectivity index (χ0) is 15.9. The van der Waals surface area contributed by atoms with E-state index in [9.17, 15) is 24.0 Å². The first-order valence-electron chi connectivity index (χ1n) is 5.22. The maximum absolute atomic E-state index is 11.6. The van der Waals surface area contributed by atoms with E-state index in [2.05, 4.69) is 10.6 Å². The second-order valence-corrected chi connectivity index (χ2v) is 4.22. The van der Waals surface area contributed by atoms with Gasteiger partial charge in [-0.3, -0.25) is 22.7 Å². The fourth-order valence-electron chi connectivity index (χ4n) is 1.06. The first kappa shape index (κ1) is 18.3. The molecule has 0 saturated carbocycles. The van der Waals surface area contributed by atoms with Crippen LogP contribution >= 0.6 is 22.9 Å². The van der Waals surface area contributed by atoms with Gasteiger partial charge in [-0.15, -0.1) is 0 Å². The molecule has 0 rings (SSSR count). The van der Waals surface area contributed by atoms with Crippen LogP contribution in [0.15, 0.2) is 0 Å². The van der Waals surface area contributed by atoms with Crippen molar-refractivity contribution in [3.8, 4) is 0 Å². The minimum Gasteiger partial charge on any atom is -0.481 e. The van der Waals surface area contributed by atoms with Gasteiger partial charge in [0.25, 0.3) is 0 Å². The monoisotopic (exact) mass is 395 g/mol. The van der Waals surface area contributed by atoms with E-state index in [1.807, 2.05) is 3.53 Å². The summed E-state index contributed by atoms with van der Waals surface area (Å²) in [4.78, 5) is 55.2. The van der Waals surface area contributed by atoms with Crippen LogP contribution in [-0.4, -0.2) is 54.4 Å². The number of carbonyl (C=O) groups excluding carboxylic acids is 4. The summed E-state index contributed by atoms with van der Waals surface area (Å²) in [5, 5.41) is 12.7. The molecular weight excluding hydrogens is 384 g/mol. The Balaban J connectivity index is 4.57. The Morgan fingerprint density at radius 2 is 1.70 bits per heavy atom. The molecule has 0 heterocycles. The molecule has 9 nitrogen and oxygen atoms in total. The van der Waals surface area contributed by atoms with Gasteiger partial charge in [-0.2, -0.15) is 0 Å². The van der Waals surface area contributed by atoms with Crippen LogP contribution in [0, 0.1) is 0 Å². The Labute approximate surface area is 129 Å². The molecule has 4 N–H and O–H groups in total. The lowest BCUT2D eigenvalue weighted by Crippen LogP contribution is -2.52. The minimum absolute atomic E-state index is 0.685. The highest BCUT2D eigenvalue weighted by Crippen LogP contribution is 1.94. The Kier molecular flexibility index (Phi) is 7.80. The zero-order valence-corrected chi connectivity index (χ0v) is 12.5. The fraction of sp³-hybridized carbons (Fsp3) is 0.444. The molecule has 0 fully saturated rings. The van der Waals surface area contributed by atoms with E-state index >= 15 is 0 Å². The van der Waals surface area contributed by atoms with Gasteiger partial charge in [0.1, 0.15) is 6.04 Å². The Bertz CT molecular complexity index is 443. The number of hydrogen-bond donors (Lipinski definition) is 4. The number of carboxylic acids is 1. The molecule has 0 aliphatic heterocycles. The molecule has 0 spiro atoms. The molecule has 0 aliphatic carbocycles. The average Bonchev–Trinajstić information content (AvgIpc) is 2.35. The van der Waals surface area contributed by atoms with Gasteiger partial charge in [0.15, 0.2) is 7.85 Å². The van der Waals surface area contributed by atoms with Crippen LogP contribution in [0.4, 0.5) is 0 Å². The topological polar surface area (TPSA) is 142 Å². The number of rotatable bonds is 6. The highest BCUT2D eigenvalue weighted by atomic mass is 127. The SMILES string of the molecule is [B]C(=O)[C@H](CC(=O)O)NC(=O)[C@H](C)NC(=O)C(=O)NI. The molecule has 20 heavy (non-hydrogen) atoms. The van der Waals surface area contributed by atoms with Gasteiger partial charge in [-0.05, 0) is 6.92 Å². The van der Waals surface area contributed by atoms with Crippen LogP contribution in [0.25, 0.3) is 0 Å². The van der Waals surface area contributed by atoms with Crippen molar-refractivity contribution in [1.29, 1.82) is 0 Å². The summed E-state index contributed by atoms with van der Waals surface area (Å²) >= 11 is 1.45. The van der Waals surface area contributed by atoms with Crippen LogP contribution in [0.2, 0.25) is 0 Å². The van der Waals surface area contributed by atoms with Crippen LogP contribution < -0.4 is 14.2 Å². The van der Waals surface area contributed by atoms with Crippen LogP contribution in [0.3, 0.4) is 0 Å². The molecule has 108 valence electrons. The van der Waals surface area contributed by atoms with Crippen molar-refractivity contribution in [3.05, 3.63) is 0 Å². The minimum atomic E-state index is -1.40. The van der Waals surface area contributed by atoms with Crippen LogP contribution in [0.1, 0.15) is 13.3 Å². The summed E-state index contributed by atoms with van der Waals surface area (Å²) in [5.74, 6) is -4.17. The molecule has 0 aliphatic rings. The molecule has 0 unspecified atom stereocenters. The van der Waals surface area contributed by atoms with Gasteiger partial charge in [0, 0.05) is 0 Å². The molecule has 11 heteroatoms. The lowest BCUT2D eigenvalue weighted by molar-refractivity contribution is -0.140. The quantitative estimate of drug-likeness (QED) is 0.171. The molecule has 2 atom stereocenters. The zero-order valence-electron chi connectivity index (χ0n) is 10.3. The number of halogens is 1. The largest absolute Gasteiger partial charge is 0.481 e. The summed E-state index contributed by atoms with van der Waals surface area (Å²) in [5.41, 5.74) is -1.02. The second-order valence-electron chi connectivity index (χ2n) is 3.68. The summed E-state index contributed by atoms with van der Waals surface area (Å²) < 4.78 is 2.03. The predicted molar refractivity (Wildman–Crippen MR) is 74.7 cm³/mol. The lowest BCUT2D eigenvalue weighted by Gasteiger charge is -2.18. The third-order valence-electron chi connectivity index (χ3n) is 2.07. The lowest BCUT2D eigenvalue weighted by atomic mass is 9.92. The number of amides is 3. The Morgan fingerprint density at radius 3 is 2.10 bits per heavy atom. The maximum Gasteiger partial charge on any atom is 0.317 e. The number of carboxylic acid groups (broad SMARTS) is 1. The van der Waals surface area contributed by atoms with Crippen LogP contribution in [-0.2, 0) is 24.0 Å². The first-order chi connectivity index (χ1) is 9.18. The summed E-state index contributed by atoms with van der Waals surface area (Å²) in [6.45, 7) is 1.26. The smallest absolute Gasteiger partial charge is 0.317 e. The average molecular weight is 395 g/mol.